The summed E-state index contributed by atoms with van der Waals surface area (Å²) in [5.74, 6) is 1.37. The monoisotopic (exact) mass is 667 g/mol. The Morgan fingerprint density at radius 1 is 0.500 bits per heavy atom. The molecule has 52 heavy (non-hydrogen) atoms. The number of aromatic nitrogens is 3. The van der Waals surface area contributed by atoms with Crippen molar-refractivity contribution in [1.29, 1.82) is 0 Å². The zero-order valence-corrected chi connectivity index (χ0v) is 28.4. The van der Waals surface area contributed by atoms with Crippen molar-refractivity contribution >= 4 is 16.7 Å². The highest BCUT2D eigenvalue weighted by molar-refractivity contribution is 5.90. The lowest BCUT2D eigenvalue weighted by Gasteiger charge is -2.33. The lowest BCUT2D eigenvalue weighted by molar-refractivity contribution is 0.584. The molecular formula is C48H33N3O. The van der Waals surface area contributed by atoms with Gasteiger partial charge in [-0.05, 0) is 70.5 Å². The highest BCUT2D eigenvalue weighted by atomic mass is 16.3. The smallest absolute Gasteiger partial charge is 0.226 e. The van der Waals surface area contributed by atoms with Crippen molar-refractivity contribution in [3.8, 4) is 45.0 Å². The van der Waals surface area contributed by atoms with Gasteiger partial charge in [0.05, 0.1) is 16.8 Å². The van der Waals surface area contributed by atoms with Gasteiger partial charge in [-0.2, -0.15) is 0 Å². The van der Waals surface area contributed by atoms with Gasteiger partial charge >= 0.3 is 0 Å². The molecule has 4 heteroatoms. The minimum Gasteiger partial charge on any atom is -0.436 e. The zero-order valence-electron chi connectivity index (χ0n) is 28.4. The summed E-state index contributed by atoms with van der Waals surface area (Å²) in [5, 5.41) is 0. The average molecular weight is 668 g/mol. The summed E-state index contributed by atoms with van der Waals surface area (Å²) in [7, 11) is 0. The number of hydrogen-bond donors (Lipinski definition) is 0. The molecule has 0 bridgehead atoms. The first-order valence-electron chi connectivity index (χ1n) is 17.8. The second kappa shape index (κ2) is 12.3. The molecule has 246 valence electrons. The topological polar surface area (TPSA) is 51.8 Å². The molecule has 1 atom stereocenters. The van der Waals surface area contributed by atoms with Crippen LogP contribution in [-0.2, 0) is 5.41 Å². The predicted octanol–water partition coefficient (Wildman–Crippen LogP) is 11.7. The Hall–Kier alpha value is -6.65. The van der Waals surface area contributed by atoms with Crippen LogP contribution in [-0.4, -0.2) is 15.0 Å². The molecule has 0 spiro atoms. The molecule has 0 radical (unpaired) electrons. The summed E-state index contributed by atoms with van der Waals surface area (Å²) in [4.78, 5) is 15.1. The molecule has 2 aliphatic carbocycles. The quantitative estimate of drug-likeness (QED) is 0.177. The van der Waals surface area contributed by atoms with Crippen molar-refractivity contribution in [3.63, 3.8) is 0 Å². The van der Waals surface area contributed by atoms with E-state index in [2.05, 4.69) is 152 Å². The van der Waals surface area contributed by atoms with Crippen molar-refractivity contribution in [2.75, 3.05) is 0 Å². The maximum atomic E-state index is 6.49. The van der Waals surface area contributed by atoms with Crippen LogP contribution in [0.3, 0.4) is 0 Å². The molecule has 0 saturated heterocycles. The fraction of sp³-hybridized carbons (Fsp3) is 0.0625. The average Bonchev–Trinajstić information content (AvgIpc) is 3.79. The first-order valence-corrected chi connectivity index (χ1v) is 17.8. The number of benzene rings is 6. The molecule has 2 aliphatic rings. The first kappa shape index (κ1) is 30.2. The lowest BCUT2D eigenvalue weighted by atomic mass is 9.67. The van der Waals surface area contributed by atoms with Gasteiger partial charge in [0.2, 0.25) is 5.89 Å². The number of fused-ring (bicyclic) bond motifs is 4. The van der Waals surface area contributed by atoms with Gasteiger partial charge in [0.1, 0.15) is 5.52 Å². The summed E-state index contributed by atoms with van der Waals surface area (Å²) in [6, 6.07) is 55.7. The first-order chi connectivity index (χ1) is 25.8. The molecule has 2 aromatic heterocycles. The van der Waals surface area contributed by atoms with Gasteiger partial charge in [-0.25, -0.2) is 15.0 Å². The van der Waals surface area contributed by atoms with Gasteiger partial charge in [0, 0.05) is 22.3 Å². The Labute approximate surface area is 302 Å². The molecule has 10 rings (SSSR count). The molecule has 0 saturated carbocycles. The van der Waals surface area contributed by atoms with E-state index in [9.17, 15) is 0 Å². The van der Waals surface area contributed by atoms with Gasteiger partial charge in [0.15, 0.2) is 11.4 Å². The van der Waals surface area contributed by atoms with E-state index >= 15 is 0 Å². The van der Waals surface area contributed by atoms with Crippen molar-refractivity contribution in [3.05, 3.63) is 204 Å². The summed E-state index contributed by atoms with van der Waals surface area (Å²) in [5.41, 5.74) is 14.2. The molecule has 0 fully saturated rings. The third-order valence-corrected chi connectivity index (χ3v) is 10.4. The second-order valence-electron chi connectivity index (χ2n) is 13.5. The van der Waals surface area contributed by atoms with Crippen LogP contribution in [0, 0.1) is 0 Å². The Morgan fingerprint density at radius 3 is 1.96 bits per heavy atom. The molecule has 0 N–H and O–H groups in total. The van der Waals surface area contributed by atoms with Gasteiger partial charge in [-0.1, -0.05) is 152 Å². The van der Waals surface area contributed by atoms with Crippen LogP contribution in [0.5, 0.6) is 0 Å². The molecule has 2 heterocycles. The van der Waals surface area contributed by atoms with Crippen molar-refractivity contribution in [2.45, 2.75) is 18.3 Å². The molecule has 0 aliphatic heterocycles. The molecule has 8 aromatic rings. The number of allylic oxidation sites excluding steroid dienone is 4. The number of oxazole rings is 1. The maximum Gasteiger partial charge on any atom is 0.226 e. The molecule has 6 aromatic carbocycles. The highest BCUT2D eigenvalue weighted by Crippen LogP contribution is 2.57. The van der Waals surface area contributed by atoms with E-state index in [1.807, 2.05) is 24.3 Å². The molecule has 0 amide bonds. The van der Waals surface area contributed by atoms with Gasteiger partial charge in [-0.3, -0.25) is 0 Å². The van der Waals surface area contributed by atoms with Crippen LogP contribution in [0.1, 0.15) is 41.0 Å². The van der Waals surface area contributed by atoms with Gasteiger partial charge in [0.25, 0.3) is 0 Å². The van der Waals surface area contributed by atoms with Crippen LogP contribution >= 0.6 is 0 Å². The minimum absolute atomic E-state index is 0.576. The third-order valence-electron chi connectivity index (χ3n) is 10.4. The fourth-order valence-corrected chi connectivity index (χ4v) is 8.04. The van der Waals surface area contributed by atoms with Crippen molar-refractivity contribution < 1.29 is 4.42 Å². The molecule has 1 unspecified atom stereocenters. The van der Waals surface area contributed by atoms with Gasteiger partial charge < -0.3 is 4.42 Å². The van der Waals surface area contributed by atoms with E-state index in [1.165, 1.54) is 27.8 Å². The second-order valence-corrected chi connectivity index (χ2v) is 13.5. The van der Waals surface area contributed by atoms with Crippen LogP contribution in [0.4, 0.5) is 0 Å². The van der Waals surface area contributed by atoms with E-state index < -0.39 is 5.41 Å². The highest BCUT2D eigenvalue weighted by Gasteiger charge is 2.46. The maximum absolute atomic E-state index is 6.49. The Balaban J connectivity index is 1.18. The number of nitrogens with zero attached hydrogens (tertiary/aromatic N) is 3. The summed E-state index contributed by atoms with van der Waals surface area (Å²) < 4.78 is 6.49. The van der Waals surface area contributed by atoms with Crippen molar-refractivity contribution in [2.24, 2.45) is 0 Å². The SMILES string of the molecule is C1=CC(c2nc3ccc(C4(c5ccccc5)c5ccccc5-c5cc(-c6cc(-c7ccccc7)nc(-c7ccccc7)n6)ccc54)cc3o2)=CCC1. The Kier molecular flexibility index (Phi) is 7.14. The minimum atomic E-state index is -0.576. The molecule has 4 nitrogen and oxygen atoms in total. The van der Waals surface area contributed by atoms with Crippen LogP contribution in [0.2, 0.25) is 0 Å². The summed E-state index contributed by atoms with van der Waals surface area (Å²) >= 11 is 0. The van der Waals surface area contributed by atoms with Crippen LogP contribution < -0.4 is 0 Å². The number of hydrogen-bond acceptors (Lipinski definition) is 4. The van der Waals surface area contributed by atoms with E-state index in [0.29, 0.717) is 11.7 Å². The Bertz CT molecular complexity index is 2620. The van der Waals surface area contributed by atoms with Crippen LogP contribution in [0.25, 0.3) is 61.7 Å². The summed E-state index contributed by atoms with van der Waals surface area (Å²) in [6.07, 6.45) is 8.56. The van der Waals surface area contributed by atoms with Crippen molar-refractivity contribution in [1.82, 2.24) is 15.0 Å². The van der Waals surface area contributed by atoms with E-state index in [4.69, 9.17) is 19.4 Å². The predicted molar refractivity (Wildman–Crippen MR) is 210 cm³/mol. The standard InChI is InChI=1S/C48H33N3O/c1-5-15-32(16-6-1)43-31-44(50-46(49-43)33-17-7-2-8-18-33)35-25-27-41-39(29-35)38-23-13-14-24-40(38)48(41,36-21-11-4-12-22-36)37-26-28-42-45(30-37)52-47(51-42)34-19-9-3-10-20-34/h1-2,4-9,11-31H,3,10H2. The third kappa shape index (κ3) is 4.87. The van der Waals surface area contributed by atoms with E-state index in [0.717, 1.165) is 63.2 Å². The van der Waals surface area contributed by atoms with Crippen LogP contribution in [0.15, 0.2) is 180 Å². The fourth-order valence-electron chi connectivity index (χ4n) is 8.04. The van der Waals surface area contributed by atoms with Gasteiger partial charge in [-0.15, -0.1) is 0 Å². The lowest BCUT2D eigenvalue weighted by Crippen LogP contribution is -2.28. The summed E-state index contributed by atoms with van der Waals surface area (Å²) in [6.45, 7) is 0. The largest absolute Gasteiger partial charge is 0.436 e. The normalized spacial score (nSPS) is 16.0. The number of rotatable bonds is 6. The zero-order chi connectivity index (χ0) is 34.5. The molecular weight excluding hydrogens is 635 g/mol. The van der Waals surface area contributed by atoms with E-state index in [-0.39, 0.29) is 0 Å². The Morgan fingerprint density at radius 2 is 1.19 bits per heavy atom. The van der Waals surface area contributed by atoms with E-state index in [1.54, 1.807) is 0 Å².